The third kappa shape index (κ3) is 5.42. The average molecular weight is 541 g/mol. The number of halogens is 7. The van der Waals surface area contributed by atoms with Crippen LogP contribution in [0.2, 0.25) is 0 Å². The predicted octanol–water partition coefficient (Wildman–Crippen LogP) is 2.71. The normalized spacial score (nSPS) is 13.1. The van der Waals surface area contributed by atoms with E-state index >= 15 is 4.39 Å². The Hall–Kier alpha value is -3.96. The quantitative estimate of drug-likeness (QED) is 0.391. The van der Waals surface area contributed by atoms with Gasteiger partial charge in [-0.05, 0) is 26.8 Å². The Kier molecular flexibility index (Phi) is 7.34. The molecule has 1 atom stereocenters. The van der Waals surface area contributed by atoms with Gasteiger partial charge in [-0.25, -0.2) is 9.18 Å². The van der Waals surface area contributed by atoms with Crippen LogP contribution in [0, 0.1) is 12.7 Å². The van der Waals surface area contributed by atoms with Crippen molar-refractivity contribution >= 4 is 11.6 Å². The van der Waals surface area contributed by atoms with Crippen molar-refractivity contribution < 1.29 is 45.4 Å². The number of aromatic amines is 1. The molecular weight excluding hydrogens is 523 g/mol. The molecule has 3 aromatic heterocycles. The van der Waals surface area contributed by atoms with E-state index in [0.717, 1.165) is 11.5 Å². The van der Waals surface area contributed by atoms with E-state index < -0.39 is 71.1 Å². The number of nitrogens with zero attached hydrogens (tertiary/aromatic N) is 5. The van der Waals surface area contributed by atoms with Gasteiger partial charge in [0.15, 0.2) is 29.3 Å². The maximum Gasteiger partial charge on any atom is 0.434 e. The lowest BCUT2D eigenvalue weighted by Gasteiger charge is -2.19. The smallest absolute Gasteiger partial charge is 0.434 e. The third-order valence-electron chi connectivity index (χ3n) is 4.98. The van der Waals surface area contributed by atoms with Crippen LogP contribution in [0.5, 0.6) is 5.88 Å². The largest absolute Gasteiger partial charge is 0.464 e. The van der Waals surface area contributed by atoms with Gasteiger partial charge in [0.1, 0.15) is 12.2 Å². The van der Waals surface area contributed by atoms with E-state index in [0.29, 0.717) is 17.7 Å². The fourth-order valence-corrected chi connectivity index (χ4v) is 3.08. The summed E-state index contributed by atoms with van der Waals surface area (Å²) in [4.78, 5) is 28.9. The highest BCUT2D eigenvalue weighted by molar-refractivity contribution is 6.06. The Morgan fingerprint density at radius 3 is 2.43 bits per heavy atom. The number of rotatable bonds is 7. The fourth-order valence-electron chi connectivity index (χ4n) is 3.08. The molecule has 0 saturated heterocycles. The minimum Gasteiger partial charge on any atom is -0.464 e. The van der Waals surface area contributed by atoms with E-state index in [-0.39, 0.29) is 18.1 Å². The lowest BCUT2D eigenvalue weighted by molar-refractivity contribution is -0.190. The molecule has 3 heterocycles. The molecule has 202 valence electrons. The number of alkyl halides is 6. The summed E-state index contributed by atoms with van der Waals surface area (Å²) < 4.78 is 100. The number of ether oxygens (including phenoxy) is 1. The van der Waals surface area contributed by atoms with Crippen molar-refractivity contribution in [1.82, 2.24) is 29.5 Å². The van der Waals surface area contributed by atoms with Crippen molar-refractivity contribution in [1.29, 1.82) is 0 Å². The number of aromatic nitrogens is 6. The Bertz CT molecular complexity index is 1370. The summed E-state index contributed by atoms with van der Waals surface area (Å²) >= 11 is 0. The molecule has 0 saturated carbocycles. The van der Waals surface area contributed by atoms with E-state index in [1.165, 1.54) is 6.92 Å². The van der Waals surface area contributed by atoms with Crippen LogP contribution >= 0.6 is 0 Å². The third-order valence-corrected chi connectivity index (χ3v) is 4.98. The summed E-state index contributed by atoms with van der Waals surface area (Å²) in [7, 11) is 0. The zero-order valence-electron chi connectivity index (χ0n) is 19.1. The van der Waals surface area contributed by atoms with Crippen molar-refractivity contribution in [3.8, 4) is 11.7 Å². The molecule has 0 bridgehead atoms. The van der Waals surface area contributed by atoms with Gasteiger partial charge in [0.05, 0.1) is 11.4 Å². The molecule has 3 aromatic rings. The van der Waals surface area contributed by atoms with Gasteiger partial charge in [-0.1, -0.05) is 0 Å². The Morgan fingerprint density at radius 1 is 1.27 bits per heavy atom. The van der Waals surface area contributed by atoms with E-state index in [9.17, 15) is 41.0 Å². The number of anilines is 1. The summed E-state index contributed by atoms with van der Waals surface area (Å²) in [6.07, 6.45) is -12.6. The molecule has 1 amide bonds. The van der Waals surface area contributed by atoms with Crippen molar-refractivity contribution in [2.24, 2.45) is 0 Å². The van der Waals surface area contributed by atoms with Gasteiger partial charge in [0.2, 0.25) is 5.88 Å². The van der Waals surface area contributed by atoms with Crippen molar-refractivity contribution in [2.45, 2.75) is 52.4 Å². The Balaban J connectivity index is 2.16. The van der Waals surface area contributed by atoms with Gasteiger partial charge >= 0.3 is 18.0 Å². The van der Waals surface area contributed by atoms with Crippen LogP contribution in [-0.2, 0) is 19.3 Å². The van der Waals surface area contributed by atoms with Crippen molar-refractivity contribution in [3.63, 3.8) is 0 Å². The highest BCUT2D eigenvalue weighted by atomic mass is 19.4. The molecule has 3 N–H and O–H groups in total. The van der Waals surface area contributed by atoms with Crippen LogP contribution in [0.25, 0.3) is 5.82 Å². The molecule has 11 nitrogen and oxygen atoms in total. The monoisotopic (exact) mass is 541 g/mol. The number of hydrogen-bond donors (Lipinski definition) is 3. The van der Waals surface area contributed by atoms with E-state index in [1.54, 1.807) is 5.10 Å². The van der Waals surface area contributed by atoms with Crippen LogP contribution in [0.1, 0.15) is 41.4 Å². The Morgan fingerprint density at radius 2 is 1.92 bits per heavy atom. The average Bonchev–Trinajstić information content (AvgIpc) is 3.32. The summed E-state index contributed by atoms with van der Waals surface area (Å²) in [6.45, 7) is 2.36. The molecule has 0 aliphatic carbocycles. The summed E-state index contributed by atoms with van der Waals surface area (Å²) in [6, 6.07) is 0.328. The highest BCUT2D eigenvalue weighted by Gasteiger charge is 2.40. The second kappa shape index (κ2) is 9.83. The molecule has 18 heteroatoms. The van der Waals surface area contributed by atoms with Gasteiger partial charge in [0, 0.05) is 6.54 Å². The molecule has 0 spiro atoms. The van der Waals surface area contributed by atoms with Gasteiger partial charge < -0.3 is 15.2 Å². The molecule has 0 radical (unpaired) electrons. The van der Waals surface area contributed by atoms with Gasteiger partial charge in [-0.2, -0.15) is 41.1 Å². The number of carbonyl (C=O) groups excluding carboxylic acids is 1. The van der Waals surface area contributed by atoms with Crippen LogP contribution in [-0.4, -0.2) is 52.8 Å². The molecule has 3 rings (SSSR count). The number of aryl methyl sites for hydroxylation is 1. The molecule has 0 aromatic carbocycles. The first-order chi connectivity index (χ1) is 17.1. The molecular formula is C19H18F7N7O4. The van der Waals surface area contributed by atoms with E-state index in [4.69, 9.17) is 4.74 Å². The second-order valence-electron chi connectivity index (χ2n) is 7.47. The number of carbonyl (C=O) groups is 1. The number of nitrogens with one attached hydrogen (secondary N) is 2. The minimum absolute atomic E-state index is 0.0170. The van der Waals surface area contributed by atoms with Crippen molar-refractivity contribution in [3.05, 3.63) is 45.1 Å². The first-order valence-corrected chi connectivity index (χ1v) is 10.3. The number of aliphatic hydroxyl groups is 1. The first-order valence-electron chi connectivity index (χ1n) is 10.3. The predicted molar refractivity (Wildman–Crippen MR) is 110 cm³/mol. The fraction of sp³-hybridized carbons (Fsp3) is 0.421. The van der Waals surface area contributed by atoms with Crippen LogP contribution in [0.3, 0.4) is 0 Å². The maximum atomic E-state index is 15.0. The van der Waals surface area contributed by atoms with Crippen LogP contribution in [0.4, 0.5) is 36.4 Å². The van der Waals surface area contributed by atoms with Gasteiger partial charge in [-0.15, -0.1) is 5.10 Å². The summed E-state index contributed by atoms with van der Waals surface area (Å²) in [5.74, 6) is -5.33. The molecule has 0 fully saturated rings. The topological polar surface area (TPSA) is 140 Å². The highest BCUT2D eigenvalue weighted by Crippen LogP contribution is 2.35. The summed E-state index contributed by atoms with van der Waals surface area (Å²) in [5, 5.41) is 19.9. The Labute approximate surface area is 201 Å². The molecule has 0 unspecified atom stereocenters. The van der Waals surface area contributed by atoms with E-state index in [2.05, 4.69) is 15.2 Å². The lowest BCUT2D eigenvalue weighted by Crippen LogP contribution is -2.33. The standard InChI is InChI=1S/C19H18F7N7O4/c1-4-32-11(6-34)31-33(17(32)36)14-10(20)5-9(16(28-14)37-8(3)18(21,22)23)15(35)27-12-7(2)29-30-13(12)19(24,25)26/h5,8,34H,4,6H2,1-3H3,(H,27,35)(H,29,30)/t8-/m0/s1. The number of H-pyrrole nitrogens is 1. The number of amides is 1. The van der Waals surface area contributed by atoms with Gasteiger partial charge in [0.25, 0.3) is 5.91 Å². The summed E-state index contributed by atoms with van der Waals surface area (Å²) in [5.41, 5.74) is -4.69. The van der Waals surface area contributed by atoms with E-state index in [1.807, 2.05) is 5.32 Å². The molecule has 0 aliphatic rings. The van der Waals surface area contributed by atoms with Crippen LogP contribution in [0.15, 0.2) is 10.9 Å². The number of aliphatic hydroxyl groups excluding tert-OH is 1. The second-order valence-corrected chi connectivity index (χ2v) is 7.47. The maximum absolute atomic E-state index is 15.0. The molecule has 37 heavy (non-hydrogen) atoms. The first kappa shape index (κ1) is 27.6. The lowest BCUT2D eigenvalue weighted by atomic mass is 10.2. The molecule has 0 aliphatic heterocycles. The van der Waals surface area contributed by atoms with Crippen LogP contribution < -0.4 is 15.7 Å². The number of pyridine rings is 1. The van der Waals surface area contributed by atoms with Crippen molar-refractivity contribution in [2.75, 3.05) is 5.32 Å². The zero-order chi connectivity index (χ0) is 27.9. The number of hydrogen-bond acceptors (Lipinski definition) is 7. The SMILES string of the molecule is CCn1c(CO)nn(-c2nc(O[C@@H](C)C(F)(F)F)c(C(=O)Nc3c(C)n[nH]c3C(F)(F)F)cc2F)c1=O. The zero-order valence-corrected chi connectivity index (χ0v) is 19.1. The van der Waals surface area contributed by atoms with Gasteiger partial charge in [-0.3, -0.25) is 14.5 Å². The minimum atomic E-state index is -4.99.